The number of carbonyl (C=O) groups excluding carboxylic acids is 1. The molecule has 142 valence electrons. The Morgan fingerprint density at radius 2 is 1.81 bits per heavy atom. The molecule has 0 radical (unpaired) electrons. The molecule has 1 aliphatic carbocycles. The van der Waals surface area contributed by atoms with Crippen molar-refractivity contribution in [2.75, 3.05) is 26.3 Å². The third kappa shape index (κ3) is 4.14. The minimum Gasteiger partial charge on any atom is -0.490 e. The number of rotatable bonds is 4. The van der Waals surface area contributed by atoms with Crippen LogP contribution in [0.2, 0.25) is 0 Å². The fourth-order valence-electron chi connectivity index (χ4n) is 4.48. The summed E-state index contributed by atoms with van der Waals surface area (Å²) in [4.78, 5) is 14.8. The summed E-state index contributed by atoms with van der Waals surface area (Å²) < 4.78 is 11.6. The zero-order valence-corrected chi connectivity index (χ0v) is 15.5. The van der Waals surface area contributed by atoms with Gasteiger partial charge in [0.15, 0.2) is 11.5 Å². The molecule has 5 nitrogen and oxygen atoms in total. The van der Waals surface area contributed by atoms with Gasteiger partial charge >= 0.3 is 0 Å². The Morgan fingerprint density at radius 1 is 1.00 bits per heavy atom. The standard InChI is InChI=1S/C21H30N2O3/c24-21(22-17-6-2-1-3-7-17)15-23-11-4-8-18(23)16-9-10-19-20(14-16)26-13-5-12-25-19/h9-10,14,17-18H,1-8,11-13,15H2,(H,22,24)/t18-/m1/s1. The van der Waals surface area contributed by atoms with E-state index < -0.39 is 0 Å². The number of hydrogen-bond donors (Lipinski definition) is 1. The summed E-state index contributed by atoms with van der Waals surface area (Å²) in [7, 11) is 0. The highest BCUT2D eigenvalue weighted by Crippen LogP contribution is 2.37. The summed E-state index contributed by atoms with van der Waals surface area (Å²) in [6.07, 6.45) is 9.22. The molecule has 2 aliphatic heterocycles. The van der Waals surface area contributed by atoms with Crippen LogP contribution in [-0.4, -0.2) is 43.2 Å². The number of fused-ring (bicyclic) bond motifs is 1. The van der Waals surface area contributed by atoms with Gasteiger partial charge in [0.2, 0.25) is 5.91 Å². The molecule has 1 saturated heterocycles. The Hall–Kier alpha value is -1.75. The molecule has 2 fully saturated rings. The van der Waals surface area contributed by atoms with Crippen molar-refractivity contribution in [3.63, 3.8) is 0 Å². The van der Waals surface area contributed by atoms with E-state index in [-0.39, 0.29) is 5.91 Å². The molecule has 0 unspecified atom stereocenters. The van der Waals surface area contributed by atoms with E-state index in [4.69, 9.17) is 9.47 Å². The lowest BCUT2D eigenvalue weighted by Gasteiger charge is -2.27. The van der Waals surface area contributed by atoms with Crippen LogP contribution in [0.15, 0.2) is 18.2 Å². The van der Waals surface area contributed by atoms with Crippen molar-refractivity contribution in [2.24, 2.45) is 0 Å². The maximum atomic E-state index is 12.5. The Kier molecular flexibility index (Phi) is 5.63. The predicted octanol–water partition coefficient (Wildman–Crippen LogP) is 3.43. The van der Waals surface area contributed by atoms with Crippen molar-refractivity contribution in [2.45, 2.75) is 63.5 Å². The van der Waals surface area contributed by atoms with Crippen LogP contribution in [0.4, 0.5) is 0 Å². The minimum atomic E-state index is 0.179. The summed E-state index contributed by atoms with van der Waals surface area (Å²) in [5, 5.41) is 3.25. The molecule has 3 aliphatic rings. The second-order valence-corrected chi connectivity index (χ2v) is 7.79. The second kappa shape index (κ2) is 8.30. The molecule has 1 aromatic rings. The first-order valence-electron chi connectivity index (χ1n) is 10.2. The van der Waals surface area contributed by atoms with Gasteiger partial charge in [-0.25, -0.2) is 0 Å². The van der Waals surface area contributed by atoms with Crippen LogP contribution in [0.1, 0.15) is 63.0 Å². The maximum Gasteiger partial charge on any atom is 0.234 e. The second-order valence-electron chi connectivity index (χ2n) is 7.79. The molecule has 1 aromatic carbocycles. The van der Waals surface area contributed by atoms with Gasteiger partial charge in [0.05, 0.1) is 19.8 Å². The highest BCUT2D eigenvalue weighted by Gasteiger charge is 2.29. The summed E-state index contributed by atoms with van der Waals surface area (Å²) in [5.41, 5.74) is 1.23. The molecule has 1 amide bonds. The highest BCUT2D eigenvalue weighted by atomic mass is 16.5. The Labute approximate surface area is 156 Å². The van der Waals surface area contributed by atoms with Crippen LogP contribution in [0.3, 0.4) is 0 Å². The van der Waals surface area contributed by atoms with Crippen LogP contribution in [0.25, 0.3) is 0 Å². The zero-order valence-electron chi connectivity index (χ0n) is 15.5. The highest BCUT2D eigenvalue weighted by molar-refractivity contribution is 5.78. The molecule has 1 atom stereocenters. The molecule has 4 rings (SSSR count). The van der Waals surface area contributed by atoms with Gasteiger partial charge in [0, 0.05) is 18.5 Å². The monoisotopic (exact) mass is 358 g/mol. The zero-order chi connectivity index (χ0) is 17.8. The Morgan fingerprint density at radius 3 is 2.65 bits per heavy atom. The molecule has 5 heteroatoms. The molecule has 2 heterocycles. The first kappa shape index (κ1) is 17.7. The third-order valence-electron chi connectivity index (χ3n) is 5.84. The van der Waals surface area contributed by atoms with Gasteiger partial charge in [0.25, 0.3) is 0 Å². The van der Waals surface area contributed by atoms with Gasteiger partial charge in [-0.1, -0.05) is 25.3 Å². The Balaban J connectivity index is 1.40. The lowest BCUT2D eigenvalue weighted by atomic mass is 9.95. The van der Waals surface area contributed by atoms with Crippen LogP contribution in [-0.2, 0) is 4.79 Å². The summed E-state index contributed by atoms with van der Waals surface area (Å²) in [6, 6.07) is 6.95. The molecule has 1 saturated carbocycles. The quantitative estimate of drug-likeness (QED) is 0.896. The van der Waals surface area contributed by atoms with E-state index in [1.165, 1.54) is 24.8 Å². The number of ether oxygens (including phenoxy) is 2. The molecular formula is C21H30N2O3. The molecule has 1 N–H and O–H groups in total. The minimum absolute atomic E-state index is 0.179. The van der Waals surface area contributed by atoms with Crippen molar-refractivity contribution in [3.05, 3.63) is 23.8 Å². The van der Waals surface area contributed by atoms with E-state index in [0.29, 0.717) is 31.8 Å². The van der Waals surface area contributed by atoms with Gasteiger partial charge in [-0.2, -0.15) is 0 Å². The van der Waals surface area contributed by atoms with Crippen LogP contribution in [0, 0.1) is 0 Å². The van der Waals surface area contributed by atoms with Crippen molar-refractivity contribution in [1.82, 2.24) is 10.2 Å². The SMILES string of the molecule is O=C(CN1CCC[C@@H]1c1ccc2c(c1)OCCCO2)NC1CCCCC1. The van der Waals surface area contributed by atoms with E-state index in [1.807, 2.05) is 6.07 Å². The smallest absolute Gasteiger partial charge is 0.234 e. The fourth-order valence-corrected chi connectivity index (χ4v) is 4.48. The first-order chi connectivity index (χ1) is 12.8. The van der Waals surface area contributed by atoms with Crippen LogP contribution >= 0.6 is 0 Å². The number of nitrogens with one attached hydrogen (secondary N) is 1. The average Bonchev–Trinajstić information content (AvgIpc) is 2.98. The largest absolute Gasteiger partial charge is 0.490 e. The van der Waals surface area contributed by atoms with Gasteiger partial charge in [0.1, 0.15) is 0 Å². The molecular weight excluding hydrogens is 328 g/mol. The number of benzene rings is 1. The number of amides is 1. The molecule has 0 aromatic heterocycles. The van der Waals surface area contributed by atoms with Crippen molar-refractivity contribution < 1.29 is 14.3 Å². The van der Waals surface area contributed by atoms with Gasteiger partial charge in [-0.3, -0.25) is 9.69 Å². The third-order valence-corrected chi connectivity index (χ3v) is 5.84. The van der Waals surface area contributed by atoms with Crippen LogP contribution in [0.5, 0.6) is 11.5 Å². The topological polar surface area (TPSA) is 50.8 Å². The van der Waals surface area contributed by atoms with Crippen molar-refractivity contribution >= 4 is 5.91 Å². The fraction of sp³-hybridized carbons (Fsp3) is 0.667. The Bertz CT molecular complexity index is 628. The number of nitrogens with zero attached hydrogens (tertiary/aromatic N) is 1. The number of hydrogen-bond acceptors (Lipinski definition) is 4. The molecule has 0 bridgehead atoms. The normalized spacial score (nSPS) is 24.2. The molecule has 0 spiro atoms. The lowest BCUT2D eigenvalue weighted by molar-refractivity contribution is -0.123. The summed E-state index contributed by atoms with van der Waals surface area (Å²) >= 11 is 0. The van der Waals surface area contributed by atoms with E-state index in [0.717, 1.165) is 50.1 Å². The van der Waals surface area contributed by atoms with Crippen molar-refractivity contribution in [1.29, 1.82) is 0 Å². The van der Waals surface area contributed by atoms with Crippen LogP contribution < -0.4 is 14.8 Å². The maximum absolute atomic E-state index is 12.5. The van der Waals surface area contributed by atoms with Crippen molar-refractivity contribution in [3.8, 4) is 11.5 Å². The van der Waals surface area contributed by atoms with E-state index in [1.54, 1.807) is 0 Å². The van der Waals surface area contributed by atoms with E-state index in [9.17, 15) is 4.79 Å². The van der Waals surface area contributed by atoms with Gasteiger partial charge in [-0.05, 0) is 49.9 Å². The average molecular weight is 358 g/mol. The lowest BCUT2D eigenvalue weighted by Crippen LogP contribution is -2.42. The summed E-state index contributed by atoms with van der Waals surface area (Å²) in [5.74, 6) is 1.86. The first-order valence-corrected chi connectivity index (χ1v) is 10.2. The van der Waals surface area contributed by atoms with E-state index >= 15 is 0 Å². The number of likely N-dealkylation sites (tertiary alicyclic amines) is 1. The van der Waals surface area contributed by atoms with Gasteiger partial charge in [-0.15, -0.1) is 0 Å². The molecule has 26 heavy (non-hydrogen) atoms. The number of carbonyl (C=O) groups is 1. The van der Waals surface area contributed by atoms with Gasteiger partial charge < -0.3 is 14.8 Å². The summed E-state index contributed by atoms with van der Waals surface area (Å²) in [6.45, 7) is 2.89. The van der Waals surface area contributed by atoms with E-state index in [2.05, 4.69) is 22.3 Å². The predicted molar refractivity (Wildman–Crippen MR) is 101 cm³/mol.